The molecule has 7 nitrogen and oxygen atoms in total. The third-order valence-corrected chi connectivity index (χ3v) is 4.07. The molecule has 0 aliphatic carbocycles. The van der Waals surface area contributed by atoms with Crippen molar-refractivity contribution in [2.75, 3.05) is 12.1 Å². The number of benzene rings is 2. The maximum atomic E-state index is 13.0. The number of amides is 1. The van der Waals surface area contributed by atoms with Crippen molar-refractivity contribution in [3.63, 3.8) is 0 Å². The lowest BCUT2D eigenvalue weighted by atomic mass is 10.2. The van der Waals surface area contributed by atoms with Crippen molar-refractivity contribution in [1.29, 1.82) is 0 Å². The van der Waals surface area contributed by atoms with Crippen LogP contribution in [-0.2, 0) is 6.73 Å². The van der Waals surface area contributed by atoms with E-state index in [1.807, 2.05) is 0 Å². The van der Waals surface area contributed by atoms with Gasteiger partial charge in [0, 0.05) is 5.56 Å². The van der Waals surface area contributed by atoms with E-state index in [1.54, 1.807) is 24.4 Å². The van der Waals surface area contributed by atoms with Crippen LogP contribution >= 0.6 is 11.6 Å². The fourth-order valence-corrected chi connectivity index (χ4v) is 2.69. The molecule has 1 amide bonds. The third kappa shape index (κ3) is 3.80. The van der Waals surface area contributed by atoms with E-state index in [2.05, 4.69) is 10.4 Å². The Labute approximate surface area is 158 Å². The van der Waals surface area contributed by atoms with Gasteiger partial charge in [-0.2, -0.15) is 5.10 Å². The van der Waals surface area contributed by atoms with Crippen LogP contribution in [0.25, 0.3) is 0 Å². The molecular formula is C18H13ClFN3O4. The number of ether oxygens (including phenoxy) is 3. The summed E-state index contributed by atoms with van der Waals surface area (Å²) in [4.78, 5) is 12.4. The molecule has 0 unspecified atom stereocenters. The van der Waals surface area contributed by atoms with Crippen molar-refractivity contribution >= 4 is 23.2 Å². The molecule has 2 heterocycles. The number of hydrogen-bond donors (Lipinski definition) is 1. The summed E-state index contributed by atoms with van der Waals surface area (Å²) in [7, 11) is 0. The molecule has 3 aromatic rings. The highest BCUT2D eigenvalue weighted by molar-refractivity contribution is 6.32. The van der Waals surface area contributed by atoms with Crippen molar-refractivity contribution in [2.24, 2.45) is 0 Å². The Morgan fingerprint density at radius 3 is 2.96 bits per heavy atom. The summed E-state index contributed by atoms with van der Waals surface area (Å²) in [6.07, 6.45) is 3.09. The molecule has 1 N–H and O–H groups in total. The van der Waals surface area contributed by atoms with Gasteiger partial charge in [-0.1, -0.05) is 11.6 Å². The van der Waals surface area contributed by atoms with Gasteiger partial charge in [0.05, 0.1) is 23.1 Å². The number of nitrogens with zero attached hydrogens (tertiary/aromatic N) is 2. The Hall–Kier alpha value is -3.26. The van der Waals surface area contributed by atoms with Gasteiger partial charge in [-0.25, -0.2) is 9.07 Å². The smallest absolute Gasteiger partial charge is 0.255 e. The van der Waals surface area contributed by atoms with Gasteiger partial charge in [0.1, 0.15) is 11.6 Å². The zero-order valence-corrected chi connectivity index (χ0v) is 14.6. The van der Waals surface area contributed by atoms with E-state index in [-0.39, 0.29) is 24.5 Å². The number of hydrogen-bond acceptors (Lipinski definition) is 5. The Balaban J connectivity index is 1.38. The molecule has 0 fully saturated rings. The molecule has 1 aliphatic heterocycles. The highest BCUT2D eigenvalue weighted by atomic mass is 35.5. The number of carbonyl (C=O) groups is 1. The summed E-state index contributed by atoms with van der Waals surface area (Å²) >= 11 is 5.91. The van der Waals surface area contributed by atoms with Gasteiger partial charge in [-0.3, -0.25) is 4.79 Å². The van der Waals surface area contributed by atoms with Crippen LogP contribution in [0.5, 0.6) is 17.2 Å². The number of carbonyl (C=O) groups excluding carboxylic acids is 1. The molecule has 9 heteroatoms. The van der Waals surface area contributed by atoms with Crippen LogP contribution in [0.3, 0.4) is 0 Å². The molecule has 27 heavy (non-hydrogen) atoms. The topological polar surface area (TPSA) is 74.6 Å². The number of halogens is 2. The molecule has 4 rings (SSSR count). The van der Waals surface area contributed by atoms with Crippen LogP contribution in [0.1, 0.15) is 10.4 Å². The molecule has 1 aromatic heterocycles. The zero-order valence-electron chi connectivity index (χ0n) is 13.8. The highest BCUT2D eigenvalue weighted by Crippen LogP contribution is 2.32. The molecule has 0 spiro atoms. The maximum absolute atomic E-state index is 13.0. The molecule has 0 saturated heterocycles. The van der Waals surface area contributed by atoms with E-state index >= 15 is 0 Å². The predicted octanol–water partition coefficient (Wildman–Crippen LogP) is 3.69. The van der Waals surface area contributed by atoms with Gasteiger partial charge < -0.3 is 19.5 Å². The molecule has 0 bridgehead atoms. The summed E-state index contributed by atoms with van der Waals surface area (Å²) in [5.74, 6) is 0.716. The molecule has 2 aromatic carbocycles. The average molecular weight is 390 g/mol. The number of rotatable bonds is 5. The van der Waals surface area contributed by atoms with Crippen LogP contribution in [0.15, 0.2) is 48.8 Å². The summed E-state index contributed by atoms with van der Waals surface area (Å²) in [5.41, 5.74) is 0.924. The Kier molecular flexibility index (Phi) is 4.55. The van der Waals surface area contributed by atoms with E-state index in [1.165, 1.54) is 23.0 Å². The van der Waals surface area contributed by atoms with E-state index in [0.717, 1.165) is 6.07 Å². The second kappa shape index (κ2) is 7.16. The summed E-state index contributed by atoms with van der Waals surface area (Å²) in [6, 6.07) is 8.79. The lowest BCUT2D eigenvalue weighted by molar-refractivity contribution is 0.102. The number of nitrogens with one attached hydrogen (secondary N) is 1. The minimum absolute atomic E-state index is 0.0469. The zero-order chi connectivity index (χ0) is 18.8. The lowest BCUT2D eigenvalue weighted by Gasteiger charge is -2.07. The van der Waals surface area contributed by atoms with Crippen LogP contribution < -0.4 is 19.5 Å². The number of aromatic nitrogens is 2. The van der Waals surface area contributed by atoms with Gasteiger partial charge in [-0.15, -0.1) is 0 Å². The summed E-state index contributed by atoms with van der Waals surface area (Å²) in [6.45, 7) is 0.191. The summed E-state index contributed by atoms with van der Waals surface area (Å²) in [5, 5.41) is 7.00. The first kappa shape index (κ1) is 17.2. The Morgan fingerprint density at radius 2 is 2.11 bits per heavy atom. The van der Waals surface area contributed by atoms with Crippen molar-refractivity contribution in [2.45, 2.75) is 6.73 Å². The fourth-order valence-electron chi connectivity index (χ4n) is 2.47. The predicted molar refractivity (Wildman–Crippen MR) is 94.8 cm³/mol. The van der Waals surface area contributed by atoms with Gasteiger partial charge in [0.25, 0.3) is 5.91 Å². The SMILES string of the molecule is O=C(Nc1cnn(COc2ccc(F)cc2Cl)c1)c1ccc2c(c1)OCO2. The van der Waals surface area contributed by atoms with Crippen LogP contribution in [-0.4, -0.2) is 22.5 Å². The minimum atomic E-state index is -0.444. The minimum Gasteiger partial charge on any atom is -0.470 e. The number of fused-ring (bicyclic) bond motifs is 1. The fraction of sp³-hybridized carbons (Fsp3) is 0.111. The van der Waals surface area contributed by atoms with Crippen molar-refractivity contribution < 1.29 is 23.4 Å². The van der Waals surface area contributed by atoms with Crippen LogP contribution in [0, 0.1) is 5.82 Å². The molecular weight excluding hydrogens is 377 g/mol. The number of anilines is 1. The molecule has 1 aliphatic rings. The van der Waals surface area contributed by atoms with Crippen molar-refractivity contribution in [3.8, 4) is 17.2 Å². The van der Waals surface area contributed by atoms with E-state index in [4.69, 9.17) is 25.8 Å². The van der Waals surface area contributed by atoms with Gasteiger partial charge in [-0.05, 0) is 36.4 Å². The first-order valence-electron chi connectivity index (χ1n) is 7.90. The second-order valence-corrected chi connectivity index (χ2v) is 6.05. The monoisotopic (exact) mass is 389 g/mol. The molecule has 0 radical (unpaired) electrons. The normalized spacial score (nSPS) is 12.1. The molecule has 0 saturated carbocycles. The first-order chi connectivity index (χ1) is 13.1. The van der Waals surface area contributed by atoms with E-state index in [0.29, 0.717) is 28.5 Å². The molecule has 0 atom stereocenters. The standard InChI is InChI=1S/C18H13ClFN3O4/c19-14-6-12(20)2-4-15(14)25-9-23-8-13(7-21-23)22-18(24)11-1-3-16-17(5-11)27-10-26-16/h1-8H,9-10H2,(H,22,24). The third-order valence-electron chi connectivity index (χ3n) is 3.77. The Bertz CT molecular complexity index is 1010. The van der Waals surface area contributed by atoms with Crippen molar-refractivity contribution in [1.82, 2.24) is 9.78 Å². The van der Waals surface area contributed by atoms with Crippen LogP contribution in [0.4, 0.5) is 10.1 Å². The first-order valence-corrected chi connectivity index (χ1v) is 8.27. The van der Waals surface area contributed by atoms with Gasteiger partial charge in [0.15, 0.2) is 18.2 Å². The largest absolute Gasteiger partial charge is 0.470 e. The van der Waals surface area contributed by atoms with Gasteiger partial charge in [0.2, 0.25) is 6.79 Å². The van der Waals surface area contributed by atoms with Crippen molar-refractivity contribution in [3.05, 3.63) is 65.2 Å². The average Bonchev–Trinajstić information content (AvgIpc) is 3.29. The summed E-state index contributed by atoms with van der Waals surface area (Å²) < 4.78 is 30.5. The second-order valence-electron chi connectivity index (χ2n) is 5.64. The quantitative estimate of drug-likeness (QED) is 0.720. The van der Waals surface area contributed by atoms with Gasteiger partial charge >= 0.3 is 0 Å². The van der Waals surface area contributed by atoms with E-state index < -0.39 is 5.82 Å². The maximum Gasteiger partial charge on any atom is 0.255 e. The Morgan fingerprint density at radius 1 is 1.26 bits per heavy atom. The highest BCUT2D eigenvalue weighted by Gasteiger charge is 2.16. The lowest BCUT2D eigenvalue weighted by Crippen LogP contribution is -2.11. The molecule has 138 valence electrons. The van der Waals surface area contributed by atoms with E-state index in [9.17, 15) is 9.18 Å². The van der Waals surface area contributed by atoms with Crippen LogP contribution in [0.2, 0.25) is 5.02 Å².